The van der Waals surface area contributed by atoms with Crippen LogP contribution in [0.25, 0.3) is 0 Å². The lowest BCUT2D eigenvalue weighted by Gasteiger charge is -2.30. The van der Waals surface area contributed by atoms with E-state index in [0.29, 0.717) is 6.04 Å². The molecular formula is C13H27N3. The van der Waals surface area contributed by atoms with Gasteiger partial charge in [0.2, 0.25) is 0 Å². The molecule has 0 spiro atoms. The lowest BCUT2D eigenvalue weighted by atomic mass is 10.2. The molecular weight excluding hydrogens is 198 g/mol. The first-order valence-electron chi connectivity index (χ1n) is 7.00. The summed E-state index contributed by atoms with van der Waals surface area (Å²) in [6.07, 6.45) is 4.19. The Labute approximate surface area is 100 Å². The maximum absolute atomic E-state index is 3.47. The van der Waals surface area contributed by atoms with E-state index >= 15 is 0 Å². The van der Waals surface area contributed by atoms with Crippen LogP contribution in [0.5, 0.6) is 0 Å². The molecule has 0 saturated carbocycles. The van der Waals surface area contributed by atoms with Crippen molar-refractivity contribution in [3.63, 3.8) is 0 Å². The maximum Gasteiger partial charge on any atom is 0.0223 e. The molecule has 0 amide bonds. The van der Waals surface area contributed by atoms with Crippen molar-refractivity contribution >= 4 is 0 Å². The van der Waals surface area contributed by atoms with Crippen LogP contribution in [0.1, 0.15) is 33.1 Å². The van der Waals surface area contributed by atoms with Crippen LogP contribution in [-0.2, 0) is 0 Å². The molecule has 2 heterocycles. The Kier molecular flexibility index (Phi) is 4.62. The van der Waals surface area contributed by atoms with Crippen molar-refractivity contribution in [2.24, 2.45) is 0 Å². The van der Waals surface area contributed by atoms with Gasteiger partial charge in [-0.3, -0.25) is 9.80 Å². The molecule has 2 rings (SSSR count). The van der Waals surface area contributed by atoms with Crippen LogP contribution in [0.4, 0.5) is 0 Å². The SMILES string of the molecule is CCNCC(C)N1CCCN2CCCC2C1. The standard InChI is InChI=1S/C13H27N3/c1-3-14-10-12(2)16-9-5-8-15-7-4-6-13(15)11-16/h12-14H,3-11H2,1-2H3. The predicted molar refractivity (Wildman–Crippen MR) is 68.8 cm³/mol. The summed E-state index contributed by atoms with van der Waals surface area (Å²) in [5.74, 6) is 0. The monoisotopic (exact) mass is 225 g/mol. The highest BCUT2D eigenvalue weighted by molar-refractivity contribution is 4.86. The van der Waals surface area contributed by atoms with Crippen molar-refractivity contribution < 1.29 is 0 Å². The van der Waals surface area contributed by atoms with E-state index in [1.54, 1.807) is 0 Å². The van der Waals surface area contributed by atoms with Crippen molar-refractivity contribution in [3.05, 3.63) is 0 Å². The largest absolute Gasteiger partial charge is 0.315 e. The third-order valence-electron chi connectivity index (χ3n) is 4.15. The number of likely N-dealkylation sites (N-methyl/N-ethyl adjacent to an activating group) is 1. The lowest BCUT2D eigenvalue weighted by molar-refractivity contribution is 0.179. The summed E-state index contributed by atoms with van der Waals surface area (Å²) in [5, 5.41) is 3.47. The Hall–Kier alpha value is -0.120. The second-order valence-corrected chi connectivity index (χ2v) is 5.34. The van der Waals surface area contributed by atoms with Crippen LogP contribution in [0.15, 0.2) is 0 Å². The predicted octanol–water partition coefficient (Wildman–Crippen LogP) is 1.15. The number of hydrogen-bond donors (Lipinski definition) is 1. The fourth-order valence-electron chi connectivity index (χ4n) is 3.12. The van der Waals surface area contributed by atoms with Crippen molar-refractivity contribution in [2.75, 3.05) is 39.3 Å². The summed E-state index contributed by atoms with van der Waals surface area (Å²) in [4.78, 5) is 5.40. The molecule has 2 unspecified atom stereocenters. The normalized spacial score (nSPS) is 30.0. The van der Waals surface area contributed by atoms with Gasteiger partial charge in [-0.2, -0.15) is 0 Å². The molecule has 1 N–H and O–H groups in total. The van der Waals surface area contributed by atoms with Crippen LogP contribution >= 0.6 is 0 Å². The van der Waals surface area contributed by atoms with Gasteiger partial charge in [-0.25, -0.2) is 0 Å². The smallest absolute Gasteiger partial charge is 0.0223 e. The third-order valence-corrected chi connectivity index (χ3v) is 4.15. The van der Waals surface area contributed by atoms with Crippen LogP contribution in [0.3, 0.4) is 0 Å². The second-order valence-electron chi connectivity index (χ2n) is 5.34. The molecule has 0 aliphatic carbocycles. The first-order valence-corrected chi connectivity index (χ1v) is 7.00. The maximum atomic E-state index is 3.47. The van der Waals surface area contributed by atoms with Gasteiger partial charge in [-0.05, 0) is 52.4 Å². The van der Waals surface area contributed by atoms with Gasteiger partial charge < -0.3 is 5.32 Å². The van der Waals surface area contributed by atoms with E-state index in [1.165, 1.54) is 45.4 Å². The summed E-state index contributed by atoms with van der Waals surface area (Å²) in [5.41, 5.74) is 0. The van der Waals surface area contributed by atoms with Gasteiger partial charge in [0.05, 0.1) is 0 Å². The van der Waals surface area contributed by atoms with E-state index in [-0.39, 0.29) is 0 Å². The van der Waals surface area contributed by atoms with E-state index in [2.05, 4.69) is 29.0 Å². The highest BCUT2D eigenvalue weighted by Crippen LogP contribution is 2.22. The molecule has 0 aromatic heterocycles. The average molecular weight is 225 g/mol. The van der Waals surface area contributed by atoms with Crippen LogP contribution in [0, 0.1) is 0 Å². The van der Waals surface area contributed by atoms with Gasteiger partial charge in [-0.15, -0.1) is 0 Å². The fourth-order valence-corrected chi connectivity index (χ4v) is 3.12. The van der Waals surface area contributed by atoms with Crippen molar-refractivity contribution in [2.45, 2.75) is 45.2 Å². The minimum absolute atomic E-state index is 0.695. The highest BCUT2D eigenvalue weighted by atomic mass is 15.3. The van der Waals surface area contributed by atoms with Crippen LogP contribution in [0.2, 0.25) is 0 Å². The summed E-state index contributed by atoms with van der Waals surface area (Å²) in [6.45, 7) is 12.1. The van der Waals surface area contributed by atoms with Crippen molar-refractivity contribution in [1.29, 1.82) is 0 Å². The minimum atomic E-state index is 0.695. The molecule has 2 atom stereocenters. The molecule has 2 aliphatic rings. The second kappa shape index (κ2) is 5.99. The van der Waals surface area contributed by atoms with E-state index < -0.39 is 0 Å². The van der Waals surface area contributed by atoms with Crippen molar-refractivity contribution in [1.82, 2.24) is 15.1 Å². The molecule has 0 aromatic rings. The molecule has 2 fully saturated rings. The fraction of sp³-hybridized carbons (Fsp3) is 1.00. The highest BCUT2D eigenvalue weighted by Gasteiger charge is 2.29. The molecule has 3 nitrogen and oxygen atoms in total. The third kappa shape index (κ3) is 2.96. The Morgan fingerprint density at radius 3 is 2.88 bits per heavy atom. The summed E-state index contributed by atoms with van der Waals surface area (Å²) >= 11 is 0. The summed E-state index contributed by atoms with van der Waals surface area (Å²) in [7, 11) is 0. The quantitative estimate of drug-likeness (QED) is 0.774. The van der Waals surface area contributed by atoms with Crippen LogP contribution < -0.4 is 5.32 Å². The van der Waals surface area contributed by atoms with Gasteiger partial charge in [0, 0.05) is 25.2 Å². The lowest BCUT2D eigenvalue weighted by Crippen LogP contribution is -2.44. The average Bonchev–Trinajstić information content (AvgIpc) is 2.63. The van der Waals surface area contributed by atoms with Gasteiger partial charge >= 0.3 is 0 Å². The Balaban J connectivity index is 1.84. The molecule has 0 radical (unpaired) electrons. The Morgan fingerprint density at radius 1 is 1.25 bits per heavy atom. The van der Waals surface area contributed by atoms with Gasteiger partial charge in [0.1, 0.15) is 0 Å². The van der Waals surface area contributed by atoms with E-state index in [0.717, 1.165) is 19.1 Å². The van der Waals surface area contributed by atoms with Crippen molar-refractivity contribution in [3.8, 4) is 0 Å². The van der Waals surface area contributed by atoms with Crippen LogP contribution in [-0.4, -0.2) is 61.2 Å². The van der Waals surface area contributed by atoms with E-state index in [1.807, 2.05) is 0 Å². The number of hydrogen-bond acceptors (Lipinski definition) is 3. The molecule has 94 valence electrons. The summed E-state index contributed by atoms with van der Waals surface area (Å²) in [6, 6.07) is 1.55. The zero-order chi connectivity index (χ0) is 11.4. The molecule has 2 aliphatic heterocycles. The van der Waals surface area contributed by atoms with E-state index in [9.17, 15) is 0 Å². The molecule has 3 heteroatoms. The molecule has 16 heavy (non-hydrogen) atoms. The van der Waals surface area contributed by atoms with E-state index in [4.69, 9.17) is 0 Å². The summed E-state index contributed by atoms with van der Waals surface area (Å²) < 4.78 is 0. The first kappa shape index (κ1) is 12.3. The molecule has 0 bridgehead atoms. The minimum Gasteiger partial charge on any atom is -0.315 e. The molecule has 2 saturated heterocycles. The number of nitrogens with zero attached hydrogens (tertiary/aromatic N) is 2. The number of nitrogens with one attached hydrogen (secondary N) is 1. The zero-order valence-corrected chi connectivity index (χ0v) is 10.9. The first-order chi connectivity index (χ1) is 7.81. The molecule has 0 aromatic carbocycles. The number of rotatable bonds is 4. The topological polar surface area (TPSA) is 18.5 Å². The number of fused-ring (bicyclic) bond motifs is 1. The Bertz CT molecular complexity index is 207. The van der Waals surface area contributed by atoms with Gasteiger partial charge in [0.25, 0.3) is 0 Å². The Morgan fingerprint density at radius 2 is 2.06 bits per heavy atom. The van der Waals surface area contributed by atoms with Gasteiger partial charge in [0.15, 0.2) is 0 Å². The van der Waals surface area contributed by atoms with Gasteiger partial charge in [-0.1, -0.05) is 6.92 Å². The zero-order valence-electron chi connectivity index (χ0n) is 10.9.